The van der Waals surface area contributed by atoms with Crippen LogP contribution in [0.5, 0.6) is 0 Å². The van der Waals surface area contributed by atoms with Crippen LogP contribution in [-0.2, 0) is 10.0 Å². The molecule has 2 heterocycles. The highest BCUT2D eigenvalue weighted by molar-refractivity contribution is 7.88. The lowest BCUT2D eigenvalue weighted by Gasteiger charge is -2.36. The molecular formula is C13H26N2O2S. The molecule has 0 spiro atoms. The van der Waals surface area contributed by atoms with Crippen molar-refractivity contribution in [2.45, 2.75) is 32.6 Å². The summed E-state index contributed by atoms with van der Waals surface area (Å²) in [5, 5.41) is 3.43. The van der Waals surface area contributed by atoms with E-state index in [2.05, 4.69) is 12.2 Å². The van der Waals surface area contributed by atoms with Gasteiger partial charge in [0, 0.05) is 13.1 Å². The van der Waals surface area contributed by atoms with Crippen LogP contribution in [0, 0.1) is 17.8 Å². The normalized spacial score (nSPS) is 35.6. The van der Waals surface area contributed by atoms with E-state index in [0.29, 0.717) is 5.92 Å². The smallest absolute Gasteiger partial charge is 0.211 e. The molecule has 0 aromatic heterocycles. The molecule has 0 saturated carbocycles. The van der Waals surface area contributed by atoms with Gasteiger partial charge < -0.3 is 5.32 Å². The van der Waals surface area contributed by atoms with Crippen molar-refractivity contribution in [3.05, 3.63) is 0 Å². The van der Waals surface area contributed by atoms with Crippen molar-refractivity contribution < 1.29 is 8.42 Å². The third-order valence-electron chi connectivity index (χ3n) is 4.55. The van der Waals surface area contributed by atoms with Crippen LogP contribution in [-0.4, -0.2) is 45.2 Å². The van der Waals surface area contributed by atoms with E-state index in [1.54, 1.807) is 4.31 Å². The summed E-state index contributed by atoms with van der Waals surface area (Å²) in [6, 6.07) is 0. The van der Waals surface area contributed by atoms with Gasteiger partial charge in [-0.3, -0.25) is 0 Å². The maximum Gasteiger partial charge on any atom is 0.211 e. The second kappa shape index (κ2) is 5.88. The molecule has 2 rings (SSSR count). The minimum absolute atomic E-state index is 0.569. The monoisotopic (exact) mass is 274 g/mol. The fourth-order valence-corrected chi connectivity index (χ4v) is 4.31. The molecule has 0 aliphatic carbocycles. The van der Waals surface area contributed by atoms with Crippen molar-refractivity contribution in [3.63, 3.8) is 0 Å². The lowest BCUT2D eigenvalue weighted by atomic mass is 9.79. The first kappa shape index (κ1) is 14.3. The van der Waals surface area contributed by atoms with Crippen molar-refractivity contribution in [2.75, 3.05) is 32.4 Å². The quantitative estimate of drug-likeness (QED) is 0.844. The van der Waals surface area contributed by atoms with Crippen molar-refractivity contribution in [3.8, 4) is 0 Å². The lowest BCUT2D eigenvalue weighted by Crippen LogP contribution is -2.41. The fourth-order valence-electron chi connectivity index (χ4n) is 3.37. The topological polar surface area (TPSA) is 49.4 Å². The van der Waals surface area contributed by atoms with E-state index in [9.17, 15) is 8.42 Å². The number of hydrogen-bond donors (Lipinski definition) is 1. The molecule has 106 valence electrons. The second-order valence-electron chi connectivity index (χ2n) is 6.10. The van der Waals surface area contributed by atoms with Gasteiger partial charge in [0.25, 0.3) is 0 Å². The van der Waals surface area contributed by atoms with Crippen molar-refractivity contribution in [1.29, 1.82) is 0 Å². The van der Waals surface area contributed by atoms with Crippen molar-refractivity contribution in [2.24, 2.45) is 17.8 Å². The van der Waals surface area contributed by atoms with Crippen molar-refractivity contribution >= 4 is 10.0 Å². The summed E-state index contributed by atoms with van der Waals surface area (Å²) in [4.78, 5) is 0. The van der Waals surface area contributed by atoms with Gasteiger partial charge in [-0.25, -0.2) is 12.7 Å². The lowest BCUT2D eigenvalue weighted by molar-refractivity contribution is 0.179. The Balaban J connectivity index is 1.89. The van der Waals surface area contributed by atoms with Gasteiger partial charge in [0.05, 0.1) is 6.26 Å². The van der Waals surface area contributed by atoms with Gasteiger partial charge in [-0.15, -0.1) is 0 Å². The fraction of sp³-hybridized carbons (Fsp3) is 1.00. The second-order valence-corrected chi connectivity index (χ2v) is 8.08. The van der Waals surface area contributed by atoms with E-state index >= 15 is 0 Å². The molecule has 0 aromatic rings. The standard InChI is InChI=1S/C13H26N2O2S/c1-11-9-14-6-5-13(11)8-12-4-3-7-15(10-12)18(2,16)17/h11-14H,3-10H2,1-2H3. The molecular weight excluding hydrogens is 248 g/mol. The number of piperidine rings is 2. The van der Waals surface area contributed by atoms with E-state index in [1.165, 1.54) is 25.5 Å². The molecule has 2 aliphatic heterocycles. The molecule has 1 N–H and O–H groups in total. The Hall–Kier alpha value is -0.130. The molecule has 5 heteroatoms. The predicted octanol–water partition coefficient (Wildman–Crippen LogP) is 1.29. The highest BCUT2D eigenvalue weighted by Gasteiger charge is 2.30. The molecule has 0 amide bonds. The van der Waals surface area contributed by atoms with E-state index in [0.717, 1.165) is 44.4 Å². The summed E-state index contributed by atoms with van der Waals surface area (Å²) in [5.74, 6) is 2.07. The highest BCUT2D eigenvalue weighted by Crippen LogP contribution is 2.30. The minimum atomic E-state index is -2.99. The van der Waals surface area contributed by atoms with Crippen LogP contribution < -0.4 is 5.32 Å². The maximum atomic E-state index is 11.6. The Labute approximate surface area is 111 Å². The molecule has 4 nitrogen and oxygen atoms in total. The third-order valence-corrected chi connectivity index (χ3v) is 5.82. The van der Waals surface area contributed by atoms with Crippen LogP contribution in [0.4, 0.5) is 0 Å². The molecule has 2 saturated heterocycles. The van der Waals surface area contributed by atoms with Gasteiger partial charge in [0.15, 0.2) is 0 Å². The van der Waals surface area contributed by atoms with Crippen molar-refractivity contribution in [1.82, 2.24) is 9.62 Å². The zero-order chi connectivity index (χ0) is 13.2. The number of nitrogens with zero attached hydrogens (tertiary/aromatic N) is 1. The first-order valence-electron chi connectivity index (χ1n) is 7.12. The van der Waals surface area contributed by atoms with Crippen LogP contribution in [0.15, 0.2) is 0 Å². The van der Waals surface area contributed by atoms with Gasteiger partial charge in [0.1, 0.15) is 0 Å². The number of hydrogen-bond acceptors (Lipinski definition) is 3. The number of sulfonamides is 1. The predicted molar refractivity (Wildman–Crippen MR) is 73.9 cm³/mol. The summed E-state index contributed by atoms with van der Waals surface area (Å²) in [5.41, 5.74) is 0. The Morgan fingerprint density at radius 2 is 2.11 bits per heavy atom. The summed E-state index contributed by atoms with van der Waals surface area (Å²) < 4.78 is 24.9. The largest absolute Gasteiger partial charge is 0.316 e. The Bertz CT molecular complexity index is 369. The average molecular weight is 274 g/mol. The van der Waals surface area contributed by atoms with E-state index in [-0.39, 0.29) is 0 Å². The average Bonchev–Trinajstić information content (AvgIpc) is 2.31. The first-order valence-corrected chi connectivity index (χ1v) is 8.97. The van der Waals surface area contributed by atoms with Crippen LogP contribution in [0.2, 0.25) is 0 Å². The van der Waals surface area contributed by atoms with Crippen LogP contribution >= 0.6 is 0 Å². The van der Waals surface area contributed by atoms with Gasteiger partial charge in [-0.1, -0.05) is 6.92 Å². The molecule has 18 heavy (non-hydrogen) atoms. The summed E-state index contributed by atoms with van der Waals surface area (Å²) >= 11 is 0. The van der Waals surface area contributed by atoms with Crippen LogP contribution in [0.25, 0.3) is 0 Å². The zero-order valence-electron chi connectivity index (χ0n) is 11.6. The Morgan fingerprint density at radius 3 is 2.78 bits per heavy atom. The molecule has 0 bridgehead atoms. The van der Waals surface area contributed by atoms with Gasteiger partial charge in [-0.05, 0) is 56.5 Å². The zero-order valence-corrected chi connectivity index (χ0v) is 12.4. The molecule has 2 fully saturated rings. The molecule has 3 unspecified atom stereocenters. The summed E-state index contributed by atoms with van der Waals surface area (Å²) in [6.07, 6.45) is 6.01. The summed E-state index contributed by atoms with van der Waals surface area (Å²) in [7, 11) is -2.99. The molecule has 2 aliphatic rings. The molecule has 3 atom stereocenters. The van der Waals surface area contributed by atoms with E-state index in [4.69, 9.17) is 0 Å². The van der Waals surface area contributed by atoms with Gasteiger partial charge >= 0.3 is 0 Å². The highest BCUT2D eigenvalue weighted by atomic mass is 32.2. The minimum Gasteiger partial charge on any atom is -0.316 e. The first-order chi connectivity index (χ1) is 8.47. The van der Waals surface area contributed by atoms with E-state index < -0.39 is 10.0 Å². The van der Waals surface area contributed by atoms with Gasteiger partial charge in [-0.2, -0.15) is 0 Å². The summed E-state index contributed by atoms with van der Waals surface area (Å²) in [6.45, 7) is 6.02. The number of rotatable bonds is 3. The SMILES string of the molecule is CC1CNCCC1CC1CCCN(S(C)(=O)=O)C1. The van der Waals surface area contributed by atoms with Gasteiger partial charge in [0.2, 0.25) is 10.0 Å². The Morgan fingerprint density at radius 1 is 1.33 bits per heavy atom. The Kier molecular flexibility index (Phi) is 4.67. The molecule has 0 radical (unpaired) electrons. The van der Waals surface area contributed by atoms with E-state index in [1.807, 2.05) is 0 Å². The maximum absolute atomic E-state index is 11.6. The van der Waals surface area contributed by atoms with Crippen LogP contribution in [0.3, 0.4) is 0 Å². The molecule has 0 aromatic carbocycles. The van der Waals surface area contributed by atoms with Crippen LogP contribution in [0.1, 0.15) is 32.6 Å². The third kappa shape index (κ3) is 3.68. The number of nitrogens with one attached hydrogen (secondary N) is 1.